The molecule has 1 aliphatic heterocycles. The lowest BCUT2D eigenvalue weighted by atomic mass is 10.2. The summed E-state index contributed by atoms with van der Waals surface area (Å²) in [4.78, 5) is 17.3. The minimum absolute atomic E-state index is 0.522. The van der Waals surface area contributed by atoms with Gasteiger partial charge in [0.1, 0.15) is 11.9 Å². The number of piperazine rings is 1. The van der Waals surface area contributed by atoms with Crippen molar-refractivity contribution >= 4 is 11.6 Å². The fraction of sp³-hybridized carbons (Fsp3) is 0.333. The van der Waals surface area contributed by atoms with Crippen LogP contribution in [0.4, 0.5) is 11.6 Å². The van der Waals surface area contributed by atoms with Crippen LogP contribution in [-0.2, 0) is 0 Å². The van der Waals surface area contributed by atoms with Gasteiger partial charge in [-0.15, -0.1) is 0 Å². The Labute approximate surface area is 128 Å². The van der Waals surface area contributed by atoms with Crippen molar-refractivity contribution in [3.8, 4) is 11.9 Å². The molecule has 0 spiro atoms. The van der Waals surface area contributed by atoms with Crippen LogP contribution in [-0.4, -0.2) is 48.2 Å². The molecule has 0 unspecified atom stereocenters. The lowest BCUT2D eigenvalue weighted by Crippen LogP contribution is -2.47. The van der Waals surface area contributed by atoms with Gasteiger partial charge < -0.3 is 14.5 Å². The van der Waals surface area contributed by atoms with Crippen molar-refractivity contribution in [3.63, 3.8) is 0 Å². The smallest absolute Gasteiger partial charge is 0.233 e. The molecule has 3 heterocycles. The molecule has 0 bridgehead atoms. The molecular formula is C15H16N6O. The van der Waals surface area contributed by atoms with E-state index < -0.39 is 0 Å². The summed E-state index contributed by atoms with van der Waals surface area (Å²) < 4.78 is 5.11. The average Bonchev–Trinajstić information content (AvgIpc) is 2.62. The van der Waals surface area contributed by atoms with E-state index >= 15 is 0 Å². The number of rotatable bonds is 3. The van der Waals surface area contributed by atoms with E-state index in [4.69, 9.17) is 10.00 Å². The van der Waals surface area contributed by atoms with Crippen LogP contribution in [0.2, 0.25) is 0 Å². The number of hydrogen-bond donors (Lipinski definition) is 0. The monoisotopic (exact) mass is 296 g/mol. The zero-order valence-corrected chi connectivity index (χ0v) is 12.3. The lowest BCUT2D eigenvalue weighted by molar-refractivity contribution is 0.395. The Balaban J connectivity index is 1.65. The highest BCUT2D eigenvalue weighted by molar-refractivity contribution is 5.46. The number of nitrogens with zero attached hydrogens (tertiary/aromatic N) is 6. The van der Waals surface area contributed by atoms with Crippen molar-refractivity contribution in [2.24, 2.45) is 0 Å². The van der Waals surface area contributed by atoms with E-state index in [-0.39, 0.29) is 0 Å². The highest BCUT2D eigenvalue weighted by Crippen LogP contribution is 2.18. The van der Waals surface area contributed by atoms with Crippen LogP contribution in [0.3, 0.4) is 0 Å². The number of aromatic nitrogens is 3. The van der Waals surface area contributed by atoms with E-state index in [9.17, 15) is 0 Å². The second-order valence-electron chi connectivity index (χ2n) is 4.91. The predicted molar refractivity (Wildman–Crippen MR) is 82.0 cm³/mol. The number of methoxy groups -OCH3 is 1. The Morgan fingerprint density at radius 1 is 1.05 bits per heavy atom. The maximum Gasteiger partial charge on any atom is 0.233 e. The molecule has 3 rings (SSSR count). The first-order valence-corrected chi connectivity index (χ1v) is 7.02. The number of ether oxygens (including phenoxy) is 1. The molecule has 0 N–H and O–H groups in total. The van der Waals surface area contributed by atoms with Crippen molar-refractivity contribution < 1.29 is 4.74 Å². The van der Waals surface area contributed by atoms with Gasteiger partial charge in [0.2, 0.25) is 5.88 Å². The Bertz CT molecular complexity index is 673. The molecule has 22 heavy (non-hydrogen) atoms. The zero-order valence-electron chi connectivity index (χ0n) is 12.3. The molecular weight excluding hydrogens is 280 g/mol. The van der Waals surface area contributed by atoms with Crippen LogP contribution in [0.1, 0.15) is 5.56 Å². The van der Waals surface area contributed by atoms with Crippen LogP contribution >= 0.6 is 0 Å². The Morgan fingerprint density at radius 2 is 1.77 bits per heavy atom. The second-order valence-corrected chi connectivity index (χ2v) is 4.91. The molecule has 2 aromatic rings. The van der Waals surface area contributed by atoms with E-state index in [0.29, 0.717) is 11.4 Å². The molecule has 112 valence electrons. The molecule has 1 saturated heterocycles. The lowest BCUT2D eigenvalue weighted by Gasteiger charge is -2.35. The number of hydrogen-bond acceptors (Lipinski definition) is 7. The minimum Gasteiger partial charge on any atom is -0.480 e. The third-order valence-electron chi connectivity index (χ3n) is 3.61. The average molecular weight is 296 g/mol. The van der Waals surface area contributed by atoms with Crippen molar-refractivity contribution in [1.82, 2.24) is 15.0 Å². The fourth-order valence-electron chi connectivity index (χ4n) is 2.39. The summed E-state index contributed by atoms with van der Waals surface area (Å²) in [5.74, 6) is 2.25. The summed E-state index contributed by atoms with van der Waals surface area (Å²) in [5, 5.41) is 8.81. The van der Waals surface area contributed by atoms with Crippen molar-refractivity contribution in [2.75, 3.05) is 43.1 Å². The third-order valence-corrected chi connectivity index (χ3v) is 3.61. The van der Waals surface area contributed by atoms with Crippen molar-refractivity contribution in [1.29, 1.82) is 5.26 Å². The first-order chi connectivity index (χ1) is 10.8. The first-order valence-electron chi connectivity index (χ1n) is 7.02. The maximum absolute atomic E-state index is 8.81. The van der Waals surface area contributed by atoms with Crippen molar-refractivity contribution in [2.45, 2.75) is 0 Å². The Hall–Kier alpha value is -2.88. The zero-order chi connectivity index (χ0) is 15.4. The highest BCUT2D eigenvalue weighted by atomic mass is 16.5. The van der Waals surface area contributed by atoms with Gasteiger partial charge >= 0.3 is 0 Å². The van der Waals surface area contributed by atoms with Gasteiger partial charge in [-0.3, -0.25) is 4.98 Å². The highest BCUT2D eigenvalue weighted by Gasteiger charge is 2.19. The fourth-order valence-corrected chi connectivity index (χ4v) is 2.39. The third kappa shape index (κ3) is 2.91. The van der Waals surface area contributed by atoms with E-state index in [2.05, 4.69) is 30.8 Å². The molecule has 0 aromatic carbocycles. The largest absolute Gasteiger partial charge is 0.480 e. The van der Waals surface area contributed by atoms with Crippen LogP contribution in [0.25, 0.3) is 0 Å². The molecule has 0 radical (unpaired) electrons. The topological polar surface area (TPSA) is 78.2 Å². The molecule has 7 nitrogen and oxygen atoms in total. The van der Waals surface area contributed by atoms with Gasteiger partial charge in [0.05, 0.1) is 25.1 Å². The van der Waals surface area contributed by atoms with Crippen molar-refractivity contribution in [3.05, 3.63) is 36.3 Å². The van der Waals surface area contributed by atoms with Gasteiger partial charge in [0.15, 0.2) is 5.82 Å². The molecule has 2 aromatic heterocycles. The standard InChI is InChI=1S/C15H16N6O/c1-22-15-11-17-10-14(19-15)21-6-4-20(5-7-21)13-3-2-12(8-16)9-18-13/h2-3,9-11H,4-7H2,1H3. The molecule has 7 heteroatoms. The van der Waals surface area contributed by atoms with E-state index in [0.717, 1.165) is 37.8 Å². The molecule has 1 fully saturated rings. The van der Waals surface area contributed by atoms with Gasteiger partial charge in [0, 0.05) is 32.4 Å². The van der Waals surface area contributed by atoms with Gasteiger partial charge in [-0.2, -0.15) is 10.2 Å². The van der Waals surface area contributed by atoms with E-state index in [1.165, 1.54) is 0 Å². The predicted octanol–water partition coefficient (Wildman–Crippen LogP) is 1.08. The second kappa shape index (κ2) is 6.26. The summed E-state index contributed by atoms with van der Waals surface area (Å²) in [5.41, 5.74) is 0.578. The van der Waals surface area contributed by atoms with Gasteiger partial charge in [-0.05, 0) is 12.1 Å². The summed E-state index contributed by atoms with van der Waals surface area (Å²) >= 11 is 0. The molecule has 1 aliphatic rings. The normalized spacial score (nSPS) is 14.5. The molecule has 0 saturated carbocycles. The maximum atomic E-state index is 8.81. The summed E-state index contributed by atoms with van der Waals surface area (Å²) in [6, 6.07) is 5.76. The molecule has 0 aliphatic carbocycles. The Morgan fingerprint density at radius 3 is 2.36 bits per heavy atom. The Kier molecular flexibility index (Phi) is 4.01. The molecule has 0 atom stereocenters. The number of anilines is 2. The number of nitriles is 1. The number of pyridine rings is 1. The summed E-state index contributed by atoms with van der Waals surface area (Å²) in [6.07, 6.45) is 4.95. The van der Waals surface area contributed by atoms with Crippen LogP contribution in [0, 0.1) is 11.3 Å². The van der Waals surface area contributed by atoms with Crippen LogP contribution in [0.5, 0.6) is 5.88 Å². The van der Waals surface area contributed by atoms with Gasteiger partial charge in [0.25, 0.3) is 0 Å². The van der Waals surface area contributed by atoms with Crippen LogP contribution < -0.4 is 14.5 Å². The summed E-state index contributed by atoms with van der Waals surface area (Å²) in [7, 11) is 1.59. The minimum atomic E-state index is 0.522. The SMILES string of the molecule is COc1cncc(N2CCN(c3ccc(C#N)cn3)CC2)n1. The first kappa shape index (κ1) is 14.1. The van der Waals surface area contributed by atoms with E-state index in [1.54, 1.807) is 31.8 Å². The van der Waals surface area contributed by atoms with Crippen LogP contribution in [0.15, 0.2) is 30.7 Å². The van der Waals surface area contributed by atoms with Gasteiger partial charge in [-0.1, -0.05) is 0 Å². The quantitative estimate of drug-likeness (QED) is 0.838. The molecule has 0 amide bonds. The summed E-state index contributed by atoms with van der Waals surface area (Å²) in [6.45, 7) is 3.36. The van der Waals surface area contributed by atoms with Gasteiger partial charge in [-0.25, -0.2) is 4.98 Å². The van der Waals surface area contributed by atoms with E-state index in [1.807, 2.05) is 6.07 Å².